The lowest BCUT2D eigenvalue weighted by Crippen LogP contribution is -2.22. The van der Waals surface area contributed by atoms with Crippen LogP contribution in [0.4, 0.5) is 5.69 Å². The van der Waals surface area contributed by atoms with Crippen molar-refractivity contribution in [3.05, 3.63) is 46.4 Å². The van der Waals surface area contributed by atoms with Crippen LogP contribution in [-0.4, -0.2) is 16.4 Å². The average Bonchev–Trinajstić information content (AvgIpc) is 2.81. The maximum atomic E-state index is 5.76. The predicted octanol–water partition coefficient (Wildman–Crippen LogP) is 2.75. The summed E-state index contributed by atoms with van der Waals surface area (Å²) in [7, 11) is 0. The molecule has 0 atom stereocenters. The highest BCUT2D eigenvalue weighted by Gasteiger charge is 2.06. The molecule has 0 aromatic carbocycles. The first kappa shape index (κ1) is 12.1. The van der Waals surface area contributed by atoms with Crippen LogP contribution in [0.25, 0.3) is 0 Å². The summed E-state index contributed by atoms with van der Waals surface area (Å²) in [4.78, 5) is 8.08. The molecule has 0 saturated carbocycles. The normalized spacial score (nSPS) is 10.9. The van der Waals surface area contributed by atoms with Gasteiger partial charge in [-0.2, -0.15) is 0 Å². The highest BCUT2D eigenvalue weighted by atomic mass is 32.1. The van der Waals surface area contributed by atoms with Gasteiger partial charge in [-0.05, 0) is 30.1 Å². The summed E-state index contributed by atoms with van der Waals surface area (Å²) < 4.78 is 0. The lowest BCUT2D eigenvalue weighted by Gasteiger charge is -2.19. The highest BCUT2D eigenvalue weighted by molar-refractivity contribution is 7.09. The molecule has 90 valence electrons. The average molecular weight is 247 g/mol. The topological polar surface area (TPSA) is 42.1 Å². The molecule has 2 aromatic heterocycles. The van der Waals surface area contributed by atoms with Crippen LogP contribution in [0.2, 0.25) is 0 Å². The number of nitrogens with two attached hydrogens (primary N) is 1. The number of thiophene rings is 1. The Balaban J connectivity index is 2.00. The minimum Gasteiger partial charge on any atom is -0.399 e. The number of nitrogen functional groups attached to an aromatic ring is 1. The minimum atomic E-state index is 0.780. The fourth-order valence-electron chi connectivity index (χ4n) is 1.71. The van der Waals surface area contributed by atoms with Gasteiger partial charge in [-0.1, -0.05) is 13.0 Å². The lowest BCUT2D eigenvalue weighted by molar-refractivity contribution is 0.270. The molecule has 4 heteroatoms. The van der Waals surface area contributed by atoms with Crippen molar-refractivity contribution in [1.29, 1.82) is 0 Å². The third kappa shape index (κ3) is 3.54. The Morgan fingerprint density at radius 1 is 1.35 bits per heavy atom. The summed E-state index contributed by atoms with van der Waals surface area (Å²) in [5.41, 5.74) is 7.57. The van der Waals surface area contributed by atoms with Gasteiger partial charge in [-0.15, -0.1) is 11.3 Å². The third-order valence-electron chi connectivity index (χ3n) is 2.63. The maximum Gasteiger partial charge on any atom is 0.0564 e. The van der Waals surface area contributed by atoms with Gasteiger partial charge in [-0.25, -0.2) is 0 Å². The maximum absolute atomic E-state index is 5.76. The molecule has 17 heavy (non-hydrogen) atoms. The van der Waals surface area contributed by atoms with Gasteiger partial charge in [0.1, 0.15) is 0 Å². The lowest BCUT2D eigenvalue weighted by atomic mass is 10.3. The van der Waals surface area contributed by atoms with Gasteiger partial charge in [0.05, 0.1) is 5.69 Å². The van der Waals surface area contributed by atoms with Crippen LogP contribution in [0.1, 0.15) is 17.5 Å². The van der Waals surface area contributed by atoms with Crippen molar-refractivity contribution in [2.75, 3.05) is 12.3 Å². The predicted molar refractivity (Wildman–Crippen MR) is 72.8 cm³/mol. The molecule has 0 unspecified atom stereocenters. The van der Waals surface area contributed by atoms with Gasteiger partial charge in [0, 0.05) is 29.9 Å². The van der Waals surface area contributed by atoms with Crippen molar-refractivity contribution in [2.24, 2.45) is 0 Å². The Morgan fingerprint density at radius 2 is 2.24 bits per heavy atom. The van der Waals surface area contributed by atoms with E-state index in [4.69, 9.17) is 5.73 Å². The van der Waals surface area contributed by atoms with E-state index >= 15 is 0 Å². The van der Waals surface area contributed by atoms with Crippen LogP contribution >= 0.6 is 11.3 Å². The van der Waals surface area contributed by atoms with E-state index in [1.807, 2.05) is 12.1 Å². The Hall–Kier alpha value is -1.39. The quantitative estimate of drug-likeness (QED) is 0.883. The molecule has 0 spiro atoms. The van der Waals surface area contributed by atoms with Crippen LogP contribution in [0, 0.1) is 0 Å². The molecule has 2 heterocycles. The number of hydrogen-bond donors (Lipinski definition) is 1. The first-order chi connectivity index (χ1) is 8.28. The molecule has 0 fully saturated rings. The molecule has 2 aromatic rings. The molecule has 3 nitrogen and oxygen atoms in total. The number of pyridine rings is 1. The van der Waals surface area contributed by atoms with Gasteiger partial charge in [0.15, 0.2) is 0 Å². The summed E-state index contributed by atoms with van der Waals surface area (Å²) in [6.07, 6.45) is 1.77. The van der Waals surface area contributed by atoms with Crippen LogP contribution in [0.5, 0.6) is 0 Å². The number of rotatable bonds is 5. The van der Waals surface area contributed by atoms with E-state index in [0.717, 1.165) is 31.0 Å². The fraction of sp³-hybridized carbons (Fsp3) is 0.308. The molecule has 2 N–H and O–H groups in total. The molecular formula is C13H17N3S. The van der Waals surface area contributed by atoms with E-state index in [1.165, 1.54) is 4.88 Å². The van der Waals surface area contributed by atoms with Crippen molar-refractivity contribution < 1.29 is 0 Å². The van der Waals surface area contributed by atoms with E-state index in [-0.39, 0.29) is 0 Å². The van der Waals surface area contributed by atoms with Gasteiger partial charge in [-0.3, -0.25) is 9.88 Å². The smallest absolute Gasteiger partial charge is 0.0564 e. The molecule has 0 amide bonds. The molecule has 0 aliphatic carbocycles. The molecule has 0 radical (unpaired) electrons. The highest BCUT2D eigenvalue weighted by Crippen LogP contribution is 2.14. The van der Waals surface area contributed by atoms with Gasteiger partial charge >= 0.3 is 0 Å². The second-order valence-electron chi connectivity index (χ2n) is 3.96. The SMILES string of the molecule is CCN(Cc1cc(N)ccn1)Cc1cccs1. The van der Waals surface area contributed by atoms with Crippen LogP contribution in [-0.2, 0) is 13.1 Å². The number of anilines is 1. The summed E-state index contributed by atoms with van der Waals surface area (Å²) in [5, 5.41) is 2.11. The monoisotopic (exact) mass is 247 g/mol. The summed E-state index contributed by atoms with van der Waals surface area (Å²) in [5.74, 6) is 0. The zero-order chi connectivity index (χ0) is 12.1. The number of hydrogen-bond acceptors (Lipinski definition) is 4. The Labute approximate surface area is 106 Å². The fourth-order valence-corrected chi connectivity index (χ4v) is 2.46. The van der Waals surface area contributed by atoms with Crippen LogP contribution in [0.15, 0.2) is 35.8 Å². The van der Waals surface area contributed by atoms with Crippen LogP contribution in [0.3, 0.4) is 0 Å². The van der Waals surface area contributed by atoms with Crippen molar-refractivity contribution in [3.8, 4) is 0 Å². The summed E-state index contributed by atoms with van der Waals surface area (Å²) >= 11 is 1.79. The standard InChI is InChI=1S/C13H17N3S/c1-2-16(10-13-4-3-7-17-13)9-12-8-11(14)5-6-15-12/h3-8H,2,9-10H2,1H3,(H2,14,15). The molecule has 0 aliphatic rings. The van der Waals surface area contributed by atoms with Crippen LogP contribution < -0.4 is 5.73 Å². The van der Waals surface area contributed by atoms with E-state index in [9.17, 15) is 0 Å². The van der Waals surface area contributed by atoms with E-state index < -0.39 is 0 Å². The first-order valence-electron chi connectivity index (χ1n) is 5.73. The van der Waals surface area contributed by atoms with Crippen molar-refractivity contribution in [1.82, 2.24) is 9.88 Å². The van der Waals surface area contributed by atoms with Crippen molar-refractivity contribution in [2.45, 2.75) is 20.0 Å². The van der Waals surface area contributed by atoms with E-state index in [1.54, 1.807) is 17.5 Å². The molecule has 2 rings (SSSR count). The Morgan fingerprint density at radius 3 is 2.88 bits per heavy atom. The second kappa shape index (κ2) is 5.80. The zero-order valence-electron chi connectivity index (χ0n) is 9.97. The Kier molecular flexibility index (Phi) is 4.12. The molecule has 0 aliphatic heterocycles. The third-order valence-corrected chi connectivity index (χ3v) is 3.49. The van der Waals surface area contributed by atoms with E-state index in [0.29, 0.717) is 0 Å². The van der Waals surface area contributed by atoms with Gasteiger partial charge < -0.3 is 5.73 Å². The largest absolute Gasteiger partial charge is 0.399 e. The summed E-state index contributed by atoms with van der Waals surface area (Å²) in [6, 6.07) is 8.02. The van der Waals surface area contributed by atoms with E-state index in [2.05, 4.69) is 34.3 Å². The summed E-state index contributed by atoms with van der Waals surface area (Å²) in [6.45, 7) is 5.00. The van der Waals surface area contributed by atoms with Gasteiger partial charge in [0.2, 0.25) is 0 Å². The number of aromatic nitrogens is 1. The molecular weight excluding hydrogens is 230 g/mol. The first-order valence-corrected chi connectivity index (χ1v) is 6.61. The zero-order valence-corrected chi connectivity index (χ0v) is 10.8. The van der Waals surface area contributed by atoms with Crippen molar-refractivity contribution in [3.63, 3.8) is 0 Å². The number of nitrogens with zero attached hydrogens (tertiary/aromatic N) is 2. The molecule has 0 saturated heterocycles. The second-order valence-corrected chi connectivity index (χ2v) is 5.00. The van der Waals surface area contributed by atoms with Gasteiger partial charge in [0.25, 0.3) is 0 Å². The minimum absolute atomic E-state index is 0.780. The Bertz CT molecular complexity index is 453. The van der Waals surface area contributed by atoms with Crippen molar-refractivity contribution >= 4 is 17.0 Å². The molecule has 0 bridgehead atoms.